The molecule has 0 spiro atoms. The van der Waals surface area contributed by atoms with E-state index in [9.17, 15) is 9.90 Å². The highest BCUT2D eigenvalue weighted by atomic mass is 79.9. The predicted octanol–water partition coefficient (Wildman–Crippen LogP) is 4.75. The van der Waals surface area contributed by atoms with Crippen LogP contribution in [0.2, 0.25) is 5.02 Å². The van der Waals surface area contributed by atoms with Gasteiger partial charge in [0.15, 0.2) is 0 Å². The van der Waals surface area contributed by atoms with Crippen molar-refractivity contribution in [1.82, 2.24) is 0 Å². The lowest BCUT2D eigenvalue weighted by atomic mass is 9.74. The molecule has 5 heteroatoms. The molecule has 0 aromatic heterocycles. The molecule has 2 aromatic carbocycles. The largest absolute Gasteiger partial charge is 0.480 e. The van der Waals surface area contributed by atoms with Gasteiger partial charge in [-0.25, -0.2) is 4.79 Å². The molecular weight excluding hydrogens is 366 g/mol. The van der Waals surface area contributed by atoms with E-state index in [1.165, 1.54) is 0 Å². The second-order valence-corrected chi connectivity index (χ2v) is 6.88. The number of benzene rings is 2. The van der Waals surface area contributed by atoms with Crippen molar-refractivity contribution in [3.63, 3.8) is 0 Å². The molecule has 3 atom stereocenters. The highest BCUT2D eigenvalue weighted by Gasteiger charge is 2.39. The van der Waals surface area contributed by atoms with Crippen LogP contribution in [0.4, 0.5) is 5.69 Å². The molecule has 1 heterocycles. The standard InChI is InChI=1S/C17H15BrClNO2/c1-9-14(10-5-3-2-4-6-10)12-7-11(18)8-13(19)16(12)20-15(9)17(21)22/h2-9,14-15,20H,1H3,(H,21,22). The van der Waals surface area contributed by atoms with Crippen LogP contribution in [-0.4, -0.2) is 17.1 Å². The van der Waals surface area contributed by atoms with E-state index in [1.54, 1.807) is 6.07 Å². The van der Waals surface area contributed by atoms with Gasteiger partial charge in [0.1, 0.15) is 6.04 Å². The summed E-state index contributed by atoms with van der Waals surface area (Å²) in [6, 6.07) is 13.1. The lowest BCUT2D eigenvalue weighted by Crippen LogP contribution is -2.42. The third-order valence-corrected chi connectivity index (χ3v) is 4.95. The number of anilines is 1. The Balaban J connectivity index is 2.21. The number of hydrogen-bond acceptors (Lipinski definition) is 2. The highest BCUT2D eigenvalue weighted by Crippen LogP contribution is 2.46. The van der Waals surface area contributed by atoms with Crippen LogP contribution in [0.5, 0.6) is 0 Å². The minimum absolute atomic E-state index is 0.0199. The summed E-state index contributed by atoms with van der Waals surface area (Å²) in [4.78, 5) is 11.6. The Labute approximate surface area is 142 Å². The predicted molar refractivity (Wildman–Crippen MR) is 91.6 cm³/mol. The molecule has 0 amide bonds. The van der Waals surface area contributed by atoms with Crippen LogP contribution in [0.1, 0.15) is 24.0 Å². The van der Waals surface area contributed by atoms with Crippen molar-refractivity contribution in [2.24, 2.45) is 5.92 Å². The Morgan fingerprint density at radius 3 is 2.59 bits per heavy atom. The monoisotopic (exact) mass is 379 g/mol. The van der Waals surface area contributed by atoms with Crippen molar-refractivity contribution in [2.75, 3.05) is 5.32 Å². The Morgan fingerprint density at radius 1 is 1.27 bits per heavy atom. The minimum Gasteiger partial charge on any atom is -0.480 e. The normalized spacial score (nSPS) is 23.5. The van der Waals surface area contributed by atoms with Gasteiger partial charge in [-0.2, -0.15) is 0 Å². The molecule has 3 unspecified atom stereocenters. The van der Waals surface area contributed by atoms with Gasteiger partial charge in [-0.05, 0) is 29.2 Å². The van der Waals surface area contributed by atoms with Crippen molar-refractivity contribution in [3.05, 3.63) is 63.1 Å². The zero-order valence-electron chi connectivity index (χ0n) is 11.9. The van der Waals surface area contributed by atoms with E-state index in [0.29, 0.717) is 10.7 Å². The van der Waals surface area contributed by atoms with Crippen LogP contribution in [0.15, 0.2) is 46.9 Å². The summed E-state index contributed by atoms with van der Waals surface area (Å²) in [5, 5.41) is 13.1. The van der Waals surface area contributed by atoms with Crippen LogP contribution in [0, 0.1) is 5.92 Å². The molecule has 2 N–H and O–H groups in total. The van der Waals surface area contributed by atoms with E-state index >= 15 is 0 Å². The molecule has 0 radical (unpaired) electrons. The lowest BCUT2D eigenvalue weighted by molar-refractivity contribution is -0.139. The summed E-state index contributed by atoms with van der Waals surface area (Å²) in [5.74, 6) is -0.982. The van der Waals surface area contributed by atoms with Crippen molar-refractivity contribution < 1.29 is 9.90 Å². The first-order valence-corrected chi connectivity index (χ1v) is 8.19. The number of halogens is 2. The first-order chi connectivity index (χ1) is 10.5. The summed E-state index contributed by atoms with van der Waals surface area (Å²) >= 11 is 9.81. The van der Waals surface area contributed by atoms with Crippen LogP contribution >= 0.6 is 27.5 Å². The number of fused-ring (bicyclic) bond motifs is 1. The van der Waals surface area contributed by atoms with Crippen molar-refractivity contribution in [2.45, 2.75) is 18.9 Å². The Bertz CT molecular complexity index is 720. The SMILES string of the molecule is CC1C(C(=O)O)Nc2c(Cl)cc(Br)cc2C1c1ccccc1. The molecule has 1 aliphatic heterocycles. The summed E-state index contributed by atoms with van der Waals surface area (Å²) < 4.78 is 0.889. The molecule has 1 aliphatic rings. The summed E-state index contributed by atoms with van der Waals surface area (Å²) in [6.07, 6.45) is 0. The summed E-state index contributed by atoms with van der Waals surface area (Å²) in [5.41, 5.74) is 2.83. The Kier molecular flexibility index (Phi) is 4.15. The van der Waals surface area contributed by atoms with E-state index in [2.05, 4.69) is 21.2 Å². The van der Waals surface area contributed by atoms with E-state index in [1.807, 2.05) is 43.3 Å². The number of rotatable bonds is 2. The third kappa shape index (κ3) is 2.61. The molecule has 0 bridgehead atoms. The van der Waals surface area contributed by atoms with Gasteiger partial charge in [-0.15, -0.1) is 0 Å². The fourth-order valence-corrected chi connectivity index (χ4v) is 4.07. The quantitative estimate of drug-likeness (QED) is 0.790. The molecule has 3 nitrogen and oxygen atoms in total. The van der Waals surface area contributed by atoms with Crippen LogP contribution in [0.25, 0.3) is 0 Å². The van der Waals surface area contributed by atoms with Gasteiger partial charge in [-0.1, -0.05) is 64.8 Å². The number of carbonyl (C=O) groups is 1. The fourth-order valence-electron chi connectivity index (χ4n) is 3.18. The molecule has 0 fully saturated rings. The molecular formula is C17H15BrClNO2. The molecule has 0 saturated heterocycles. The van der Waals surface area contributed by atoms with Crippen LogP contribution < -0.4 is 5.32 Å². The van der Waals surface area contributed by atoms with Crippen LogP contribution in [0.3, 0.4) is 0 Å². The average molecular weight is 381 g/mol. The van der Waals surface area contributed by atoms with Gasteiger partial charge in [-0.3, -0.25) is 0 Å². The van der Waals surface area contributed by atoms with Gasteiger partial charge < -0.3 is 10.4 Å². The second kappa shape index (κ2) is 5.94. The molecule has 0 aliphatic carbocycles. The van der Waals surface area contributed by atoms with Crippen molar-refractivity contribution >= 4 is 39.2 Å². The first-order valence-electron chi connectivity index (χ1n) is 7.02. The maximum atomic E-state index is 11.6. The van der Waals surface area contributed by atoms with Crippen molar-refractivity contribution in [1.29, 1.82) is 0 Å². The molecule has 3 rings (SSSR count). The zero-order chi connectivity index (χ0) is 15.9. The van der Waals surface area contributed by atoms with Gasteiger partial charge in [0.25, 0.3) is 0 Å². The van der Waals surface area contributed by atoms with E-state index < -0.39 is 12.0 Å². The van der Waals surface area contributed by atoms with Gasteiger partial charge in [0, 0.05) is 10.4 Å². The van der Waals surface area contributed by atoms with Gasteiger partial charge in [0.05, 0.1) is 10.7 Å². The number of hydrogen-bond donors (Lipinski definition) is 2. The van der Waals surface area contributed by atoms with E-state index in [4.69, 9.17) is 11.6 Å². The maximum Gasteiger partial charge on any atom is 0.326 e. The molecule has 22 heavy (non-hydrogen) atoms. The Morgan fingerprint density at radius 2 is 1.95 bits per heavy atom. The average Bonchev–Trinajstić information content (AvgIpc) is 2.47. The maximum absolute atomic E-state index is 11.6. The number of carboxylic acid groups (broad SMARTS) is 1. The minimum atomic E-state index is -0.863. The van der Waals surface area contributed by atoms with Crippen LogP contribution in [-0.2, 0) is 4.79 Å². The fraction of sp³-hybridized carbons (Fsp3) is 0.235. The topological polar surface area (TPSA) is 49.3 Å². The second-order valence-electron chi connectivity index (χ2n) is 5.56. The number of nitrogens with one attached hydrogen (secondary N) is 1. The molecule has 2 aromatic rings. The summed E-state index contributed by atoms with van der Waals surface area (Å²) in [6.45, 7) is 1.96. The lowest BCUT2D eigenvalue weighted by Gasteiger charge is -2.37. The molecule has 0 saturated carbocycles. The van der Waals surface area contributed by atoms with Gasteiger partial charge >= 0.3 is 5.97 Å². The summed E-state index contributed by atoms with van der Waals surface area (Å²) in [7, 11) is 0. The van der Waals surface area contributed by atoms with E-state index in [-0.39, 0.29) is 11.8 Å². The number of aliphatic carboxylic acids is 1. The Hall–Kier alpha value is -1.52. The zero-order valence-corrected chi connectivity index (χ0v) is 14.2. The molecule has 114 valence electrons. The van der Waals surface area contributed by atoms with Crippen molar-refractivity contribution in [3.8, 4) is 0 Å². The highest BCUT2D eigenvalue weighted by molar-refractivity contribution is 9.10. The first kappa shape index (κ1) is 15.4. The van der Waals surface area contributed by atoms with E-state index in [0.717, 1.165) is 15.6 Å². The van der Waals surface area contributed by atoms with Gasteiger partial charge in [0.2, 0.25) is 0 Å². The third-order valence-electron chi connectivity index (χ3n) is 4.20. The smallest absolute Gasteiger partial charge is 0.326 e. The number of carboxylic acids is 1.